The Morgan fingerprint density at radius 2 is 1.87 bits per heavy atom. The maximum atomic E-state index is 12.3. The first-order valence-electron chi connectivity index (χ1n) is 9.61. The number of carbonyl (C=O) groups is 1. The summed E-state index contributed by atoms with van der Waals surface area (Å²) in [6.45, 7) is 3.78. The Bertz CT molecular complexity index is 1150. The van der Waals surface area contributed by atoms with E-state index in [-0.39, 0.29) is 12.5 Å². The quantitative estimate of drug-likeness (QED) is 0.393. The predicted octanol–water partition coefficient (Wildman–Crippen LogP) is 6.17. The fraction of sp³-hybridized carbons (Fsp3) is 0.167. The van der Waals surface area contributed by atoms with E-state index in [1.54, 1.807) is 11.3 Å². The third kappa shape index (κ3) is 4.81. The molecule has 4 aromatic rings. The highest BCUT2D eigenvalue weighted by Gasteiger charge is 2.10. The van der Waals surface area contributed by atoms with Crippen LogP contribution in [0.1, 0.15) is 21.7 Å². The minimum Gasteiger partial charge on any atom is -0.482 e. The molecule has 0 saturated carbocycles. The van der Waals surface area contributed by atoms with E-state index in [9.17, 15) is 4.79 Å². The number of thiazole rings is 1. The van der Waals surface area contributed by atoms with Gasteiger partial charge >= 0.3 is 0 Å². The highest BCUT2D eigenvalue weighted by Crippen LogP contribution is 2.29. The molecule has 1 amide bonds. The van der Waals surface area contributed by atoms with Gasteiger partial charge in [0.05, 0.1) is 20.2 Å². The average Bonchev–Trinajstić information content (AvgIpc) is 3.11. The lowest BCUT2D eigenvalue weighted by molar-refractivity contribution is -0.118. The average molecular weight is 437 g/mol. The Hall–Kier alpha value is -2.89. The van der Waals surface area contributed by atoms with Crippen LogP contribution >= 0.6 is 22.9 Å². The number of anilines is 1. The summed E-state index contributed by atoms with van der Waals surface area (Å²) in [6, 6.07) is 19.7. The van der Waals surface area contributed by atoms with Crippen LogP contribution in [0.25, 0.3) is 10.2 Å². The van der Waals surface area contributed by atoms with Crippen LogP contribution in [0.2, 0.25) is 5.02 Å². The minimum atomic E-state index is -0.232. The zero-order chi connectivity index (χ0) is 21.1. The lowest BCUT2D eigenvalue weighted by Crippen LogP contribution is -2.20. The van der Waals surface area contributed by atoms with Gasteiger partial charge in [0.2, 0.25) is 0 Å². The summed E-state index contributed by atoms with van der Waals surface area (Å²) >= 11 is 7.93. The molecule has 6 heteroatoms. The van der Waals surface area contributed by atoms with Crippen molar-refractivity contribution in [3.63, 3.8) is 0 Å². The van der Waals surface area contributed by atoms with Gasteiger partial charge in [-0.3, -0.25) is 4.79 Å². The summed E-state index contributed by atoms with van der Waals surface area (Å²) in [5, 5.41) is 4.44. The Kier molecular flexibility index (Phi) is 6.02. The second-order valence-electron chi connectivity index (χ2n) is 7.18. The number of amides is 1. The van der Waals surface area contributed by atoms with Crippen molar-refractivity contribution in [1.82, 2.24) is 4.98 Å². The van der Waals surface area contributed by atoms with Crippen molar-refractivity contribution in [3.8, 4) is 5.75 Å². The lowest BCUT2D eigenvalue weighted by Gasteiger charge is -2.12. The molecular weight excluding hydrogens is 416 g/mol. The number of rotatable bonds is 6. The third-order valence-electron chi connectivity index (χ3n) is 4.65. The standard InChI is InChI=1S/C24H21ClN2O2S/c1-15-11-16(2)24(19(25)12-15)29-14-22(28)26-18-9-7-17(8-10-18)13-23-27-20-5-3-4-6-21(20)30-23/h3-12H,13-14H2,1-2H3,(H,26,28). The van der Waals surface area contributed by atoms with Crippen LogP contribution in [0, 0.1) is 13.8 Å². The first-order valence-corrected chi connectivity index (χ1v) is 10.8. The van der Waals surface area contributed by atoms with E-state index in [0.717, 1.165) is 39.3 Å². The zero-order valence-corrected chi connectivity index (χ0v) is 18.3. The molecule has 152 valence electrons. The van der Waals surface area contributed by atoms with Crippen LogP contribution in [0.15, 0.2) is 60.7 Å². The van der Waals surface area contributed by atoms with E-state index in [1.807, 2.05) is 68.4 Å². The van der Waals surface area contributed by atoms with E-state index < -0.39 is 0 Å². The molecular formula is C24H21ClN2O2S. The van der Waals surface area contributed by atoms with Crippen molar-refractivity contribution in [3.05, 3.63) is 87.4 Å². The first-order chi connectivity index (χ1) is 14.5. The second-order valence-corrected chi connectivity index (χ2v) is 8.70. The van der Waals surface area contributed by atoms with Crippen molar-refractivity contribution >= 4 is 44.7 Å². The summed E-state index contributed by atoms with van der Waals surface area (Å²) in [5.74, 6) is 0.313. The van der Waals surface area contributed by atoms with Gasteiger partial charge in [-0.25, -0.2) is 4.98 Å². The minimum absolute atomic E-state index is 0.100. The molecule has 0 aliphatic carbocycles. The maximum Gasteiger partial charge on any atom is 0.262 e. The number of nitrogens with zero attached hydrogens (tertiary/aromatic N) is 1. The summed E-state index contributed by atoms with van der Waals surface area (Å²) < 4.78 is 6.83. The highest BCUT2D eigenvalue weighted by atomic mass is 35.5. The first kappa shape index (κ1) is 20.4. The molecule has 1 aromatic heterocycles. The van der Waals surface area contributed by atoms with Crippen LogP contribution < -0.4 is 10.1 Å². The Labute approximate surface area is 184 Å². The molecule has 4 rings (SSSR count). The van der Waals surface area contributed by atoms with Gasteiger partial charge < -0.3 is 10.1 Å². The number of aromatic nitrogens is 1. The molecule has 1 N–H and O–H groups in total. The lowest BCUT2D eigenvalue weighted by atomic mass is 10.1. The van der Waals surface area contributed by atoms with Gasteiger partial charge in [0.25, 0.3) is 5.91 Å². The summed E-state index contributed by atoms with van der Waals surface area (Å²) in [7, 11) is 0. The normalized spacial score (nSPS) is 10.9. The van der Waals surface area contributed by atoms with E-state index >= 15 is 0 Å². The van der Waals surface area contributed by atoms with Crippen molar-refractivity contribution in [2.45, 2.75) is 20.3 Å². The monoisotopic (exact) mass is 436 g/mol. The van der Waals surface area contributed by atoms with E-state index in [2.05, 4.69) is 16.4 Å². The van der Waals surface area contributed by atoms with E-state index in [4.69, 9.17) is 16.3 Å². The van der Waals surface area contributed by atoms with E-state index in [1.165, 1.54) is 4.70 Å². The molecule has 0 bridgehead atoms. The molecule has 0 radical (unpaired) electrons. The number of nitrogens with one attached hydrogen (secondary N) is 1. The van der Waals surface area contributed by atoms with Crippen LogP contribution in [-0.2, 0) is 11.2 Å². The van der Waals surface area contributed by atoms with Crippen molar-refractivity contribution in [2.24, 2.45) is 0 Å². The maximum absolute atomic E-state index is 12.3. The van der Waals surface area contributed by atoms with Crippen molar-refractivity contribution in [2.75, 3.05) is 11.9 Å². The highest BCUT2D eigenvalue weighted by molar-refractivity contribution is 7.18. The largest absolute Gasteiger partial charge is 0.482 e. The van der Waals surface area contributed by atoms with Gasteiger partial charge in [-0.1, -0.05) is 41.9 Å². The smallest absolute Gasteiger partial charge is 0.262 e. The van der Waals surface area contributed by atoms with Crippen molar-refractivity contribution in [1.29, 1.82) is 0 Å². The molecule has 0 aliphatic rings. The zero-order valence-electron chi connectivity index (χ0n) is 16.7. The fourth-order valence-corrected chi connectivity index (χ4v) is 4.67. The molecule has 1 heterocycles. The van der Waals surface area contributed by atoms with Crippen LogP contribution in [0.3, 0.4) is 0 Å². The number of hydrogen-bond acceptors (Lipinski definition) is 4. The van der Waals surface area contributed by atoms with Gasteiger partial charge in [-0.05, 0) is 60.9 Å². The molecule has 0 spiro atoms. The third-order valence-corrected chi connectivity index (χ3v) is 5.97. The molecule has 0 atom stereocenters. The summed E-state index contributed by atoms with van der Waals surface area (Å²) in [4.78, 5) is 16.9. The predicted molar refractivity (Wildman–Crippen MR) is 124 cm³/mol. The molecule has 0 saturated heterocycles. The SMILES string of the molecule is Cc1cc(C)c(OCC(=O)Nc2ccc(Cc3nc4ccccc4s3)cc2)c(Cl)c1. The van der Waals surface area contributed by atoms with Crippen LogP contribution in [-0.4, -0.2) is 17.5 Å². The Morgan fingerprint density at radius 3 is 2.60 bits per heavy atom. The Balaban J connectivity index is 1.34. The van der Waals surface area contributed by atoms with Gasteiger partial charge in [0.1, 0.15) is 5.75 Å². The number of ether oxygens (including phenoxy) is 1. The summed E-state index contributed by atoms with van der Waals surface area (Å²) in [5.41, 5.74) is 4.87. The van der Waals surface area contributed by atoms with E-state index in [0.29, 0.717) is 10.8 Å². The fourth-order valence-electron chi connectivity index (χ4n) is 3.30. The number of fused-ring (bicyclic) bond motifs is 1. The molecule has 4 nitrogen and oxygen atoms in total. The van der Waals surface area contributed by atoms with Crippen LogP contribution in [0.5, 0.6) is 5.75 Å². The van der Waals surface area contributed by atoms with Gasteiger partial charge in [0.15, 0.2) is 6.61 Å². The second kappa shape index (κ2) is 8.86. The number of hydrogen-bond donors (Lipinski definition) is 1. The van der Waals surface area contributed by atoms with Gasteiger partial charge in [-0.2, -0.15) is 0 Å². The number of carbonyl (C=O) groups excluding carboxylic acids is 1. The Morgan fingerprint density at radius 1 is 1.10 bits per heavy atom. The van der Waals surface area contributed by atoms with Gasteiger partial charge in [-0.15, -0.1) is 11.3 Å². The molecule has 30 heavy (non-hydrogen) atoms. The summed E-state index contributed by atoms with van der Waals surface area (Å²) in [6.07, 6.45) is 0.766. The topological polar surface area (TPSA) is 51.2 Å². The number of benzene rings is 3. The van der Waals surface area contributed by atoms with Crippen LogP contribution in [0.4, 0.5) is 5.69 Å². The number of aryl methyl sites for hydroxylation is 2. The molecule has 0 unspecified atom stereocenters. The molecule has 3 aromatic carbocycles. The van der Waals surface area contributed by atoms with Crippen molar-refractivity contribution < 1.29 is 9.53 Å². The number of halogens is 1. The molecule has 0 aliphatic heterocycles. The van der Waals surface area contributed by atoms with Gasteiger partial charge in [0, 0.05) is 12.1 Å². The number of para-hydroxylation sites is 1. The molecule has 0 fully saturated rings.